The fraction of sp³-hybridized carbons (Fsp3) is 0.786. The molecule has 0 spiro atoms. The molecule has 2 fully saturated rings. The molecule has 0 aliphatic carbocycles. The van der Waals surface area contributed by atoms with Crippen molar-refractivity contribution in [1.82, 2.24) is 14.7 Å². The molecule has 5 nitrogen and oxygen atoms in total. The van der Waals surface area contributed by atoms with E-state index < -0.39 is 5.60 Å². The van der Waals surface area contributed by atoms with Crippen LogP contribution in [0.1, 0.15) is 38.3 Å². The summed E-state index contributed by atoms with van der Waals surface area (Å²) in [6.07, 6.45) is 5.74. The molecule has 5 heteroatoms. The molecular formula is C14H23N3O2. The van der Waals surface area contributed by atoms with E-state index in [1.807, 2.05) is 11.6 Å². The third-order valence-electron chi connectivity index (χ3n) is 4.65. The molecule has 0 bridgehead atoms. The fourth-order valence-electron chi connectivity index (χ4n) is 3.68. The van der Waals surface area contributed by atoms with Crippen LogP contribution in [-0.2, 0) is 12.1 Å². The number of aliphatic hydroxyl groups is 1. The van der Waals surface area contributed by atoms with E-state index in [1.165, 1.54) is 19.4 Å². The third-order valence-corrected chi connectivity index (χ3v) is 4.65. The molecule has 2 atom stereocenters. The first-order valence-corrected chi connectivity index (χ1v) is 7.24. The van der Waals surface area contributed by atoms with Gasteiger partial charge in [0.25, 0.3) is 0 Å². The second-order valence-electron chi connectivity index (χ2n) is 5.70. The van der Waals surface area contributed by atoms with E-state index in [1.54, 1.807) is 13.3 Å². The van der Waals surface area contributed by atoms with Gasteiger partial charge in [0, 0.05) is 19.1 Å². The van der Waals surface area contributed by atoms with Crippen molar-refractivity contribution in [2.24, 2.45) is 0 Å². The highest BCUT2D eigenvalue weighted by atomic mass is 16.5. The average Bonchev–Trinajstić information content (AvgIpc) is 3.03. The molecule has 1 aromatic rings. The van der Waals surface area contributed by atoms with E-state index in [0.29, 0.717) is 6.04 Å². The zero-order valence-electron chi connectivity index (χ0n) is 11.8. The molecule has 19 heavy (non-hydrogen) atoms. The van der Waals surface area contributed by atoms with E-state index in [-0.39, 0.29) is 0 Å². The van der Waals surface area contributed by atoms with Crippen LogP contribution in [0.25, 0.3) is 0 Å². The summed E-state index contributed by atoms with van der Waals surface area (Å²) in [5.74, 6) is 0.718. The van der Waals surface area contributed by atoms with Crippen molar-refractivity contribution in [3.8, 4) is 5.75 Å². The quantitative estimate of drug-likeness (QED) is 0.896. The molecule has 0 aromatic carbocycles. The Kier molecular flexibility index (Phi) is 3.27. The first-order valence-electron chi connectivity index (χ1n) is 7.24. The smallest absolute Gasteiger partial charge is 0.162 e. The molecule has 2 aliphatic rings. The minimum Gasteiger partial charge on any atom is -0.493 e. The van der Waals surface area contributed by atoms with Crippen molar-refractivity contribution in [3.05, 3.63) is 11.9 Å². The molecule has 0 amide bonds. The zero-order valence-corrected chi connectivity index (χ0v) is 11.8. The van der Waals surface area contributed by atoms with E-state index in [4.69, 9.17) is 4.74 Å². The maximum Gasteiger partial charge on any atom is 0.162 e. The van der Waals surface area contributed by atoms with Crippen molar-refractivity contribution >= 4 is 0 Å². The Morgan fingerprint density at radius 1 is 1.53 bits per heavy atom. The number of nitrogens with zero attached hydrogens (tertiary/aromatic N) is 3. The Bertz CT molecular complexity index is 438. The highest BCUT2D eigenvalue weighted by molar-refractivity contribution is 5.32. The van der Waals surface area contributed by atoms with E-state index in [0.717, 1.165) is 37.4 Å². The van der Waals surface area contributed by atoms with Crippen LogP contribution < -0.4 is 4.74 Å². The van der Waals surface area contributed by atoms with Gasteiger partial charge in [-0.2, -0.15) is 5.10 Å². The standard InChI is InChI=1S/C14H23N3O2/c1-3-17-13(12(19-2)10-15-17)14(18)6-8-16-7-4-5-11(16)9-14/h10-11,18H,3-9H2,1-2H3. The molecule has 1 aromatic heterocycles. The summed E-state index contributed by atoms with van der Waals surface area (Å²) in [6, 6.07) is 0.517. The van der Waals surface area contributed by atoms with Gasteiger partial charge in [-0.15, -0.1) is 0 Å². The number of hydrogen-bond acceptors (Lipinski definition) is 4. The van der Waals surface area contributed by atoms with Gasteiger partial charge in [-0.3, -0.25) is 4.68 Å². The summed E-state index contributed by atoms with van der Waals surface area (Å²) >= 11 is 0. The lowest BCUT2D eigenvalue weighted by Gasteiger charge is -2.41. The molecular weight excluding hydrogens is 242 g/mol. The van der Waals surface area contributed by atoms with Gasteiger partial charge in [-0.25, -0.2) is 0 Å². The third kappa shape index (κ3) is 2.05. The van der Waals surface area contributed by atoms with Gasteiger partial charge in [-0.05, 0) is 39.2 Å². The minimum atomic E-state index is -0.788. The lowest BCUT2D eigenvalue weighted by atomic mass is 9.83. The molecule has 2 unspecified atom stereocenters. The Balaban J connectivity index is 1.93. The van der Waals surface area contributed by atoms with Crippen LogP contribution in [0, 0.1) is 0 Å². The number of hydrogen-bond donors (Lipinski definition) is 1. The van der Waals surface area contributed by atoms with Gasteiger partial charge in [0.05, 0.1) is 13.3 Å². The van der Waals surface area contributed by atoms with Crippen LogP contribution in [0.3, 0.4) is 0 Å². The molecule has 106 valence electrons. The van der Waals surface area contributed by atoms with Gasteiger partial charge in [0.2, 0.25) is 0 Å². The highest BCUT2D eigenvalue weighted by Crippen LogP contribution is 2.42. The number of aromatic nitrogens is 2. The number of piperidine rings is 1. The lowest BCUT2D eigenvalue weighted by Crippen LogP contribution is -2.47. The normalized spacial score (nSPS) is 31.4. The molecule has 1 N–H and O–H groups in total. The average molecular weight is 265 g/mol. The second kappa shape index (κ2) is 4.80. The van der Waals surface area contributed by atoms with Crippen LogP contribution in [-0.4, -0.2) is 46.0 Å². The topological polar surface area (TPSA) is 50.5 Å². The molecule has 2 saturated heterocycles. The zero-order chi connectivity index (χ0) is 13.5. The summed E-state index contributed by atoms with van der Waals surface area (Å²) in [5.41, 5.74) is 0.0765. The van der Waals surface area contributed by atoms with E-state index in [2.05, 4.69) is 10.00 Å². The van der Waals surface area contributed by atoms with Gasteiger partial charge >= 0.3 is 0 Å². The number of rotatable bonds is 3. The Morgan fingerprint density at radius 2 is 2.37 bits per heavy atom. The molecule has 0 radical (unpaired) electrons. The maximum absolute atomic E-state index is 11.1. The van der Waals surface area contributed by atoms with Crippen molar-refractivity contribution in [1.29, 1.82) is 0 Å². The Labute approximate surface area is 114 Å². The molecule has 3 heterocycles. The van der Waals surface area contributed by atoms with Gasteiger partial charge < -0.3 is 14.7 Å². The van der Waals surface area contributed by atoms with Crippen molar-refractivity contribution < 1.29 is 9.84 Å². The maximum atomic E-state index is 11.1. The van der Waals surface area contributed by atoms with E-state index in [9.17, 15) is 5.11 Å². The molecule has 2 aliphatic heterocycles. The second-order valence-corrected chi connectivity index (χ2v) is 5.70. The van der Waals surface area contributed by atoms with Crippen LogP contribution in [0.4, 0.5) is 0 Å². The first-order chi connectivity index (χ1) is 9.18. The molecule has 3 rings (SSSR count). The van der Waals surface area contributed by atoms with Crippen LogP contribution in [0.2, 0.25) is 0 Å². The van der Waals surface area contributed by atoms with Crippen LogP contribution in [0.15, 0.2) is 6.20 Å². The van der Waals surface area contributed by atoms with Crippen molar-refractivity contribution in [2.75, 3.05) is 20.2 Å². The SMILES string of the molecule is CCn1ncc(OC)c1C1(O)CCN2CCCC2C1. The lowest BCUT2D eigenvalue weighted by molar-refractivity contribution is -0.0485. The Morgan fingerprint density at radius 3 is 3.11 bits per heavy atom. The Hall–Kier alpha value is -1.07. The van der Waals surface area contributed by atoms with Gasteiger partial charge in [0.15, 0.2) is 5.75 Å². The first kappa shape index (κ1) is 12.9. The number of methoxy groups -OCH3 is 1. The van der Waals surface area contributed by atoms with Crippen LogP contribution >= 0.6 is 0 Å². The predicted octanol–water partition coefficient (Wildman–Crippen LogP) is 1.36. The van der Waals surface area contributed by atoms with Crippen molar-refractivity contribution in [3.63, 3.8) is 0 Å². The number of aryl methyl sites for hydroxylation is 1. The van der Waals surface area contributed by atoms with Gasteiger partial charge in [0.1, 0.15) is 11.3 Å². The predicted molar refractivity (Wildman–Crippen MR) is 72.2 cm³/mol. The minimum absolute atomic E-state index is 0.517. The fourth-order valence-corrected chi connectivity index (χ4v) is 3.68. The van der Waals surface area contributed by atoms with Gasteiger partial charge in [-0.1, -0.05) is 0 Å². The molecule has 0 saturated carbocycles. The van der Waals surface area contributed by atoms with E-state index >= 15 is 0 Å². The largest absolute Gasteiger partial charge is 0.493 e. The summed E-state index contributed by atoms with van der Waals surface area (Å²) in [4.78, 5) is 2.51. The summed E-state index contributed by atoms with van der Waals surface area (Å²) < 4.78 is 7.28. The summed E-state index contributed by atoms with van der Waals surface area (Å²) in [5, 5.41) is 15.5. The summed E-state index contributed by atoms with van der Waals surface area (Å²) in [6.45, 7) is 4.96. The highest BCUT2D eigenvalue weighted by Gasteiger charge is 2.44. The monoisotopic (exact) mass is 265 g/mol. The van der Waals surface area contributed by atoms with Crippen molar-refractivity contribution in [2.45, 2.75) is 50.8 Å². The number of fused-ring (bicyclic) bond motifs is 1. The summed E-state index contributed by atoms with van der Waals surface area (Å²) in [7, 11) is 1.65. The van der Waals surface area contributed by atoms with Crippen LogP contribution in [0.5, 0.6) is 5.75 Å². The number of ether oxygens (including phenoxy) is 1.